The normalized spacial score (nSPS) is 14.1. The number of ether oxygens (including phenoxy) is 2. The lowest BCUT2D eigenvalue weighted by atomic mass is 9.84. The number of nitrogens with zero attached hydrogens (tertiary/aromatic N) is 1. The predicted molar refractivity (Wildman–Crippen MR) is 118 cm³/mol. The molecular weight excluding hydrogens is 380 g/mol. The lowest BCUT2D eigenvalue weighted by Crippen LogP contribution is -2.19. The summed E-state index contributed by atoms with van der Waals surface area (Å²) in [7, 11) is 3.10. The van der Waals surface area contributed by atoms with Crippen molar-refractivity contribution < 1.29 is 19.1 Å². The number of methoxy groups -OCH3 is 2. The Morgan fingerprint density at radius 2 is 1.73 bits per heavy atom. The fourth-order valence-electron chi connectivity index (χ4n) is 3.92. The van der Waals surface area contributed by atoms with Gasteiger partial charge in [0.2, 0.25) is 5.91 Å². The maximum absolute atomic E-state index is 13.0. The molecule has 2 aromatic rings. The van der Waals surface area contributed by atoms with Gasteiger partial charge in [0.1, 0.15) is 12.4 Å². The van der Waals surface area contributed by atoms with Crippen LogP contribution in [0.25, 0.3) is 0 Å². The Bertz CT molecular complexity index is 960. The average molecular weight is 408 g/mol. The van der Waals surface area contributed by atoms with Crippen molar-refractivity contribution in [3.8, 4) is 5.75 Å². The summed E-state index contributed by atoms with van der Waals surface area (Å²) in [4.78, 5) is 29.6. The van der Waals surface area contributed by atoms with E-state index in [0.29, 0.717) is 11.3 Å². The third-order valence-corrected chi connectivity index (χ3v) is 5.65. The van der Waals surface area contributed by atoms with Crippen LogP contribution in [0.4, 0.5) is 5.69 Å². The molecule has 1 aliphatic heterocycles. The predicted octanol–water partition coefficient (Wildman–Crippen LogP) is 4.37. The summed E-state index contributed by atoms with van der Waals surface area (Å²) in [5.74, 6) is 0.506. The zero-order valence-electron chi connectivity index (χ0n) is 18.0. The maximum atomic E-state index is 13.0. The third-order valence-electron chi connectivity index (χ3n) is 5.65. The molecule has 0 aliphatic carbocycles. The van der Waals surface area contributed by atoms with E-state index in [1.807, 2.05) is 12.1 Å². The number of hydrogen-bond acceptors (Lipinski definition) is 5. The number of hydrogen-bond donors (Lipinski definition) is 1. The number of rotatable bonds is 9. The number of nitrogens with one attached hydrogen (secondary N) is 1. The molecule has 1 amide bonds. The van der Waals surface area contributed by atoms with Crippen molar-refractivity contribution in [2.45, 2.75) is 38.6 Å². The van der Waals surface area contributed by atoms with Crippen LogP contribution in [-0.4, -0.2) is 38.2 Å². The minimum absolute atomic E-state index is 0.0136. The number of carbonyl (C=O) groups excluding carboxylic acids is 2. The second kappa shape index (κ2) is 9.22. The van der Waals surface area contributed by atoms with Crippen LogP contribution in [0.15, 0.2) is 47.5 Å². The van der Waals surface area contributed by atoms with Gasteiger partial charge in [-0.3, -0.25) is 14.6 Å². The summed E-state index contributed by atoms with van der Waals surface area (Å²) in [5, 5.41) is 2.72. The zero-order valence-corrected chi connectivity index (χ0v) is 18.0. The minimum atomic E-state index is -0.285. The van der Waals surface area contributed by atoms with Crippen molar-refractivity contribution in [2.24, 2.45) is 4.99 Å². The highest BCUT2D eigenvalue weighted by atomic mass is 16.5. The zero-order chi connectivity index (χ0) is 21.7. The Labute approximate surface area is 177 Å². The Kier molecular flexibility index (Phi) is 6.67. The van der Waals surface area contributed by atoms with Crippen LogP contribution < -0.4 is 10.1 Å². The molecule has 0 bridgehead atoms. The molecule has 6 nitrogen and oxygen atoms in total. The summed E-state index contributed by atoms with van der Waals surface area (Å²) >= 11 is 0. The van der Waals surface area contributed by atoms with Crippen LogP contribution >= 0.6 is 0 Å². The number of ketones is 1. The van der Waals surface area contributed by atoms with Gasteiger partial charge in [0.05, 0.1) is 24.8 Å². The van der Waals surface area contributed by atoms with Gasteiger partial charge < -0.3 is 14.8 Å². The molecule has 0 aromatic heterocycles. The summed E-state index contributed by atoms with van der Waals surface area (Å²) in [6.07, 6.45) is 1.96. The first-order valence-corrected chi connectivity index (χ1v) is 10.2. The molecule has 1 heterocycles. The first-order valence-electron chi connectivity index (χ1n) is 10.2. The Hall–Kier alpha value is -2.99. The Balaban J connectivity index is 1.82. The van der Waals surface area contributed by atoms with Gasteiger partial charge in [-0.15, -0.1) is 0 Å². The number of anilines is 1. The van der Waals surface area contributed by atoms with Gasteiger partial charge in [-0.2, -0.15) is 0 Å². The van der Waals surface area contributed by atoms with Crippen LogP contribution in [-0.2, 0) is 15.1 Å². The van der Waals surface area contributed by atoms with Crippen LogP contribution in [0.1, 0.15) is 54.6 Å². The minimum Gasteiger partial charge on any atom is -0.497 e. The van der Waals surface area contributed by atoms with Crippen molar-refractivity contribution in [1.29, 1.82) is 0 Å². The van der Waals surface area contributed by atoms with E-state index in [1.165, 1.54) is 7.11 Å². The SMILES string of the molecule is CCC1(CC)N=C(CC(=O)c2ccc(NC(=O)COC)cc2)c2cc(OC)ccc21. The highest BCUT2D eigenvalue weighted by Crippen LogP contribution is 2.43. The molecule has 158 valence electrons. The Morgan fingerprint density at radius 1 is 1.03 bits per heavy atom. The first-order chi connectivity index (χ1) is 14.5. The summed E-state index contributed by atoms with van der Waals surface area (Å²) in [6.45, 7) is 4.24. The molecule has 0 unspecified atom stereocenters. The molecular formula is C24H28N2O4. The molecule has 0 atom stereocenters. The number of carbonyl (C=O) groups is 2. The molecule has 0 saturated heterocycles. The molecule has 0 radical (unpaired) electrons. The largest absolute Gasteiger partial charge is 0.497 e. The van der Waals surface area contributed by atoms with Crippen LogP contribution in [0.3, 0.4) is 0 Å². The smallest absolute Gasteiger partial charge is 0.250 e. The molecule has 1 aliphatic rings. The number of benzene rings is 2. The van der Waals surface area contributed by atoms with Crippen molar-refractivity contribution in [3.63, 3.8) is 0 Å². The summed E-state index contributed by atoms with van der Waals surface area (Å²) in [5.41, 5.74) is 3.87. The quantitative estimate of drug-likeness (QED) is 0.625. The molecule has 1 N–H and O–H groups in total. The van der Waals surface area contributed by atoms with E-state index in [2.05, 4.69) is 25.2 Å². The highest BCUT2D eigenvalue weighted by Gasteiger charge is 2.37. The fraction of sp³-hybridized carbons (Fsp3) is 0.375. The molecule has 3 rings (SSSR count). The first kappa shape index (κ1) is 21.7. The molecule has 0 spiro atoms. The van der Waals surface area contributed by atoms with E-state index < -0.39 is 0 Å². The second-order valence-corrected chi connectivity index (χ2v) is 7.37. The van der Waals surface area contributed by atoms with E-state index in [-0.39, 0.29) is 30.3 Å². The van der Waals surface area contributed by atoms with Crippen LogP contribution in [0, 0.1) is 0 Å². The van der Waals surface area contributed by atoms with Gasteiger partial charge in [-0.25, -0.2) is 0 Å². The average Bonchev–Trinajstić information content (AvgIpc) is 3.07. The Morgan fingerprint density at radius 3 is 2.33 bits per heavy atom. The molecule has 2 aromatic carbocycles. The monoisotopic (exact) mass is 408 g/mol. The van der Waals surface area contributed by atoms with Gasteiger partial charge in [-0.05, 0) is 54.8 Å². The fourth-order valence-corrected chi connectivity index (χ4v) is 3.92. The standard InChI is InChI=1S/C24H28N2O4/c1-5-24(6-2)20-12-11-18(30-4)13-19(20)21(26-24)14-22(27)16-7-9-17(10-8-16)25-23(28)15-29-3/h7-13H,5-6,14-15H2,1-4H3,(H,25,28). The van der Waals surface area contributed by atoms with Gasteiger partial charge in [0.15, 0.2) is 5.78 Å². The summed E-state index contributed by atoms with van der Waals surface area (Å²) < 4.78 is 10.2. The topological polar surface area (TPSA) is 77.0 Å². The van der Waals surface area contributed by atoms with E-state index in [1.54, 1.807) is 31.4 Å². The number of Topliss-reactive ketones (excluding diaryl/α,β-unsaturated/α-hetero) is 1. The van der Waals surface area contributed by atoms with Gasteiger partial charge in [-0.1, -0.05) is 19.9 Å². The third kappa shape index (κ3) is 4.28. The lowest BCUT2D eigenvalue weighted by molar-refractivity contribution is -0.119. The number of fused-ring (bicyclic) bond motifs is 1. The molecule has 30 heavy (non-hydrogen) atoms. The van der Waals surface area contributed by atoms with E-state index in [0.717, 1.165) is 35.4 Å². The number of aliphatic imine (C=N–C) groups is 1. The lowest BCUT2D eigenvalue weighted by Gasteiger charge is -2.24. The molecule has 6 heteroatoms. The highest BCUT2D eigenvalue weighted by molar-refractivity contribution is 6.18. The van der Waals surface area contributed by atoms with Gasteiger partial charge in [0.25, 0.3) is 0 Å². The van der Waals surface area contributed by atoms with Crippen LogP contribution in [0.5, 0.6) is 5.75 Å². The van der Waals surface area contributed by atoms with Crippen molar-refractivity contribution in [3.05, 3.63) is 59.2 Å². The van der Waals surface area contributed by atoms with E-state index in [9.17, 15) is 9.59 Å². The second-order valence-electron chi connectivity index (χ2n) is 7.37. The molecule has 0 saturated carbocycles. The maximum Gasteiger partial charge on any atom is 0.250 e. The van der Waals surface area contributed by atoms with E-state index in [4.69, 9.17) is 14.5 Å². The van der Waals surface area contributed by atoms with Crippen LogP contribution in [0.2, 0.25) is 0 Å². The van der Waals surface area contributed by atoms with E-state index >= 15 is 0 Å². The summed E-state index contributed by atoms with van der Waals surface area (Å²) in [6, 6.07) is 12.9. The van der Waals surface area contributed by atoms with Gasteiger partial charge >= 0.3 is 0 Å². The molecule has 0 fully saturated rings. The number of amides is 1. The van der Waals surface area contributed by atoms with Crippen molar-refractivity contribution in [1.82, 2.24) is 0 Å². The van der Waals surface area contributed by atoms with Crippen molar-refractivity contribution >= 4 is 23.1 Å². The van der Waals surface area contributed by atoms with Crippen molar-refractivity contribution in [2.75, 3.05) is 26.1 Å². The van der Waals surface area contributed by atoms with Gasteiger partial charge in [0, 0.05) is 23.9 Å².